The van der Waals surface area contributed by atoms with E-state index in [1.54, 1.807) is 42.5 Å². The molecule has 4 aromatic rings. The number of carbonyl (C=O) groups excluding carboxylic acids is 2. The number of halogens is 2. The molecule has 176 valence electrons. The van der Waals surface area contributed by atoms with Crippen molar-refractivity contribution >= 4 is 57.8 Å². The van der Waals surface area contributed by atoms with E-state index in [1.165, 1.54) is 0 Å². The van der Waals surface area contributed by atoms with Crippen LogP contribution in [0.1, 0.15) is 21.5 Å². The van der Waals surface area contributed by atoms with Crippen molar-refractivity contribution in [2.45, 2.75) is 13.3 Å². The van der Waals surface area contributed by atoms with E-state index in [1.807, 2.05) is 55.5 Å². The number of rotatable bonds is 7. The van der Waals surface area contributed by atoms with Crippen LogP contribution in [0.4, 0.5) is 22.7 Å². The molecule has 0 unspecified atom stereocenters. The molecule has 7 heteroatoms. The van der Waals surface area contributed by atoms with E-state index in [-0.39, 0.29) is 18.2 Å². The molecule has 0 heterocycles. The predicted octanol–water partition coefficient (Wildman–Crippen LogP) is 7.48. The van der Waals surface area contributed by atoms with Gasteiger partial charge < -0.3 is 16.0 Å². The number of hydrogen-bond donors (Lipinski definition) is 3. The maximum absolute atomic E-state index is 12.8. The van der Waals surface area contributed by atoms with Crippen molar-refractivity contribution in [3.05, 3.63) is 118 Å². The Morgan fingerprint density at radius 3 is 2.14 bits per heavy atom. The quantitative estimate of drug-likeness (QED) is 0.244. The van der Waals surface area contributed by atoms with Gasteiger partial charge in [0.2, 0.25) is 5.91 Å². The van der Waals surface area contributed by atoms with Gasteiger partial charge in [-0.1, -0.05) is 65.7 Å². The van der Waals surface area contributed by atoms with Gasteiger partial charge in [0.05, 0.1) is 22.2 Å². The van der Waals surface area contributed by atoms with Crippen LogP contribution in [0.3, 0.4) is 0 Å². The van der Waals surface area contributed by atoms with Gasteiger partial charge in [0.25, 0.3) is 5.91 Å². The number of anilines is 4. The number of amides is 2. The molecular formula is C28H23Cl2N3O2. The second-order valence-electron chi connectivity index (χ2n) is 7.95. The zero-order valence-electron chi connectivity index (χ0n) is 18.9. The molecule has 4 aromatic carbocycles. The molecule has 4 rings (SSSR count). The van der Waals surface area contributed by atoms with Crippen molar-refractivity contribution in [2.75, 3.05) is 16.0 Å². The molecule has 3 N–H and O–H groups in total. The molecule has 5 nitrogen and oxygen atoms in total. The second-order valence-corrected chi connectivity index (χ2v) is 8.77. The third kappa shape index (κ3) is 6.21. The van der Waals surface area contributed by atoms with Gasteiger partial charge in [-0.25, -0.2) is 0 Å². The maximum Gasteiger partial charge on any atom is 0.255 e. The van der Waals surface area contributed by atoms with Gasteiger partial charge in [-0.05, 0) is 66.6 Å². The van der Waals surface area contributed by atoms with Gasteiger partial charge >= 0.3 is 0 Å². The number of nitrogens with one attached hydrogen (secondary N) is 3. The lowest BCUT2D eigenvalue weighted by atomic mass is 10.1. The minimum Gasteiger partial charge on any atom is -0.353 e. The van der Waals surface area contributed by atoms with Gasteiger partial charge in [-0.2, -0.15) is 0 Å². The molecule has 0 saturated carbocycles. The van der Waals surface area contributed by atoms with Crippen LogP contribution in [-0.4, -0.2) is 11.8 Å². The molecule has 0 aromatic heterocycles. The Labute approximate surface area is 214 Å². The minimum atomic E-state index is -0.187. The highest BCUT2D eigenvalue weighted by atomic mass is 35.5. The Morgan fingerprint density at radius 2 is 1.43 bits per heavy atom. The molecule has 0 fully saturated rings. The second kappa shape index (κ2) is 11.1. The summed E-state index contributed by atoms with van der Waals surface area (Å²) in [5, 5.41) is 10.1. The summed E-state index contributed by atoms with van der Waals surface area (Å²) in [6, 6.07) is 27.1. The summed E-state index contributed by atoms with van der Waals surface area (Å²) in [4.78, 5) is 25.3. The van der Waals surface area contributed by atoms with Crippen LogP contribution in [0.2, 0.25) is 10.0 Å². The third-order valence-corrected chi connectivity index (χ3v) is 6.02. The molecule has 0 aliphatic carbocycles. The molecule has 0 bridgehead atoms. The third-order valence-electron chi connectivity index (χ3n) is 5.39. The Balaban J connectivity index is 1.43. The molecule has 35 heavy (non-hydrogen) atoms. The summed E-state index contributed by atoms with van der Waals surface area (Å²) in [7, 11) is 0. The smallest absolute Gasteiger partial charge is 0.255 e. The van der Waals surface area contributed by atoms with E-state index in [4.69, 9.17) is 23.2 Å². The fourth-order valence-corrected chi connectivity index (χ4v) is 4.08. The summed E-state index contributed by atoms with van der Waals surface area (Å²) in [6.45, 7) is 1.88. The predicted molar refractivity (Wildman–Crippen MR) is 144 cm³/mol. The molecule has 0 radical (unpaired) electrons. The SMILES string of the molecule is Cc1cc(NC(=O)Cc2ccccc2Nc2c(Cl)cccc2Cl)ccc1NC(=O)c1ccccc1. The van der Waals surface area contributed by atoms with Crippen molar-refractivity contribution in [1.29, 1.82) is 0 Å². The van der Waals surface area contributed by atoms with E-state index in [2.05, 4.69) is 16.0 Å². The molecule has 0 aliphatic heterocycles. The molecular weight excluding hydrogens is 481 g/mol. The van der Waals surface area contributed by atoms with E-state index >= 15 is 0 Å². The Bertz CT molecular complexity index is 1350. The minimum absolute atomic E-state index is 0.150. The van der Waals surface area contributed by atoms with Gasteiger partial charge in [0.15, 0.2) is 0 Å². The first-order valence-electron chi connectivity index (χ1n) is 11.0. The van der Waals surface area contributed by atoms with Crippen LogP contribution in [0.15, 0.2) is 91.0 Å². The molecule has 0 aliphatic rings. The fourth-order valence-electron chi connectivity index (χ4n) is 3.59. The zero-order valence-corrected chi connectivity index (χ0v) is 20.5. The number of hydrogen-bond acceptors (Lipinski definition) is 3. The lowest BCUT2D eigenvalue weighted by Gasteiger charge is -2.15. The number of benzene rings is 4. The average Bonchev–Trinajstić information content (AvgIpc) is 2.84. The molecule has 0 saturated heterocycles. The number of para-hydroxylation sites is 2. The zero-order chi connectivity index (χ0) is 24.8. The van der Waals surface area contributed by atoms with Gasteiger partial charge in [0, 0.05) is 22.6 Å². The van der Waals surface area contributed by atoms with Crippen LogP contribution >= 0.6 is 23.2 Å². The Kier molecular flexibility index (Phi) is 7.70. The van der Waals surface area contributed by atoms with Crippen molar-refractivity contribution in [1.82, 2.24) is 0 Å². The highest BCUT2D eigenvalue weighted by Gasteiger charge is 2.13. The first kappa shape index (κ1) is 24.3. The summed E-state index contributed by atoms with van der Waals surface area (Å²) < 4.78 is 0. The lowest BCUT2D eigenvalue weighted by molar-refractivity contribution is -0.115. The van der Waals surface area contributed by atoms with Crippen molar-refractivity contribution in [3.8, 4) is 0 Å². The van der Waals surface area contributed by atoms with Crippen LogP contribution in [-0.2, 0) is 11.2 Å². The standard InChI is InChI=1S/C28H23Cl2N3O2/c1-18-16-21(14-15-24(18)33-28(35)19-8-3-2-4-9-19)31-26(34)17-20-10-5-6-13-25(20)32-27-22(29)11-7-12-23(27)30/h2-16,32H,17H2,1H3,(H,31,34)(H,33,35). The molecule has 0 spiro atoms. The monoisotopic (exact) mass is 503 g/mol. The summed E-state index contributed by atoms with van der Waals surface area (Å²) in [6.07, 6.45) is 0.150. The summed E-state index contributed by atoms with van der Waals surface area (Å²) in [5.41, 5.74) is 4.87. The number of aryl methyl sites for hydroxylation is 1. The van der Waals surface area contributed by atoms with Crippen molar-refractivity contribution in [2.24, 2.45) is 0 Å². The number of carbonyl (C=O) groups is 2. The molecule has 2 amide bonds. The van der Waals surface area contributed by atoms with E-state index in [0.717, 1.165) is 16.8 Å². The first-order chi connectivity index (χ1) is 16.9. The normalized spacial score (nSPS) is 10.5. The van der Waals surface area contributed by atoms with Crippen molar-refractivity contribution in [3.63, 3.8) is 0 Å². The van der Waals surface area contributed by atoms with Gasteiger partial charge in [-0.3, -0.25) is 9.59 Å². The van der Waals surface area contributed by atoms with E-state index in [0.29, 0.717) is 32.7 Å². The summed E-state index contributed by atoms with van der Waals surface area (Å²) in [5.74, 6) is -0.363. The van der Waals surface area contributed by atoms with Gasteiger partial charge in [-0.15, -0.1) is 0 Å². The van der Waals surface area contributed by atoms with Crippen LogP contribution in [0, 0.1) is 6.92 Å². The topological polar surface area (TPSA) is 70.2 Å². The average molecular weight is 504 g/mol. The first-order valence-corrected chi connectivity index (χ1v) is 11.7. The largest absolute Gasteiger partial charge is 0.353 e. The van der Waals surface area contributed by atoms with Crippen LogP contribution < -0.4 is 16.0 Å². The van der Waals surface area contributed by atoms with E-state index < -0.39 is 0 Å². The van der Waals surface area contributed by atoms with E-state index in [9.17, 15) is 9.59 Å². The van der Waals surface area contributed by atoms with Gasteiger partial charge in [0.1, 0.15) is 0 Å². The summed E-state index contributed by atoms with van der Waals surface area (Å²) >= 11 is 12.6. The lowest BCUT2D eigenvalue weighted by Crippen LogP contribution is -2.16. The Morgan fingerprint density at radius 1 is 0.743 bits per heavy atom. The maximum atomic E-state index is 12.8. The van der Waals surface area contributed by atoms with Crippen LogP contribution in [0.5, 0.6) is 0 Å². The fraction of sp³-hybridized carbons (Fsp3) is 0.0714. The van der Waals surface area contributed by atoms with Crippen molar-refractivity contribution < 1.29 is 9.59 Å². The highest BCUT2D eigenvalue weighted by molar-refractivity contribution is 6.39. The highest BCUT2D eigenvalue weighted by Crippen LogP contribution is 2.33. The molecule has 0 atom stereocenters. The Hall–Kier alpha value is -3.80. The van der Waals surface area contributed by atoms with Crippen LogP contribution in [0.25, 0.3) is 0 Å².